The van der Waals surface area contributed by atoms with E-state index in [0.29, 0.717) is 17.4 Å². The average molecular weight is 378 g/mol. The van der Waals surface area contributed by atoms with Crippen molar-refractivity contribution in [2.24, 2.45) is 0 Å². The van der Waals surface area contributed by atoms with E-state index in [-0.39, 0.29) is 18.5 Å². The molecule has 1 saturated heterocycles. The number of benzene rings is 2. The summed E-state index contributed by atoms with van der Waals surface area (Å²) in [5.41, 5.74) is 0.532. The van der Waals surface area contributed by atoms with Gasteiger partial charge in [0.2, 0.25) is 5.91 Å². The third-order valence-electron chi connectivity index (χ3n) is 5.29. The van der Waals surface area contributed by atoms with Gasteiger partial charge >= 0.3 is 5.69 Å². The van der Waals surface area contributed by atoms with E-state index < -0.39 is 11.2 Å². The van der Waals surface area contributed by atoms with E-state index in [1.807, 2.05) is 42.3 Å². The summed E-state index contributed by atoms with van der Waals surface area (Å²) < 4.78 is 1.35. The summed E-state index contributed by atoms with van der Waals surface area (Å²) in [6.45, 7) is 1.99. The van der Waals surface area contributed by atoms with Crippen LogP contribution in [0.15, 0.2) is 64.2 Å². The number of nitrogens with one attached hydrogen (secondary N) is 1. The zero-order chi connectivity index (χ0) is 19.7. The Bertz CT molecular complexity index is 1120. The summed E-state index contributed by atoms with van der Waals surface area (Å²) in [4.78, 5) is 44.0. The molecule has 0 bridgehead atoms. The van der Waals surface area contributed by atoms with E-state index in [1.54, 1.807) is 24.3 Å². The number of rotatable bonds is 3. The molecule has 2 aromatic carbocycles. The molecule has 4 rings (SSSR count). The van der Waals surface area contributed by atoms with E-state index in [2.05, 4.69) is 9.88 Å². The molecule has 1 aliphatic heterocycles. The number of piperazine rings is 1. The van der Waals surface area contributed by atoms with E-state index in [4.69, 9.17) is 0 Å². The first-order chi connectivity index (χ1) is 13.5. The average Bonchev–Trinajstić information content (AvgIpc) is 2.71. The van der Waals surface area contributed by atoms with Crippen LogP contribution in [-0.4, -0.2) is 51.9 Å². The van der Waals surface area contributed by atoms with Crippen molar-refractivity contribution in [3.8, 4) is 0 Å². The molecule has 1 fully saturated rings. The fourth-order valence-corrected chi connectivity index (χ4v) is 3.80. The molecule has 0 radical (unpaired) electrons. The van der Waals surface area contributed by atoms with Crippen LogP contribution in [0.1, 0.15) is 11.6 Å². The summed E-state index contributed by atoms with van der Waals surface area (Å²) in [6.07, 6.45) is 0. The van der Waals surface area contributed by atoms with Gasteiger partial charge in [-0.3, -0.25) is 19.1 Å². The minimum atomic E-state index is -0.567. The van der Waals surface area contributed by atoms with Gasteiger partial charge in [0, 0.05) is 19.6 Å². The number of aromatic nitrogens is 2. The molecule has 28 heavy (non-hydrogen) atoms. The molecule has 0 unspecified atom stereocenters. The summed E-state index contributed by atoms with van der Waals surface area (Å²) in [7, 11) is 2.04. The SMILES string of the molecule is CN1CCN(C(=O)Cn2c(=O)[nH]c(=O)c3ccccc32)[C@H](c2ccccc2)C1. The van der Waals surface area contributed by atoms with Crippen molar-refractivity contribution in [1.82, 2.24) is 19.4 Å². The van der Waals surface area contributed by atoms with Crippen molar-refractivity contribution in [2.45, 2.75) is 12.6 Å². The second kappa shape index (κ2) is 7.44. The number of aromatic amines is 1. The Morgan fingerprint density at radius 1 is 1.04 bits per heavy atom. The van der Waals surface area contributed by atoms with Gasteiger partial charge in [0.25, 0.3) is 5.56 Å². The number of H-pyrrole nitrogens is 1. The maximum absolute atomic E-state index is 13.2. The highest BCUT2D eigenvalue weighted by atomic mass is 16.2. The second-order valence-electron chi connectivity index (χ2n) is 7.14. The first-order valence-electron chi connectivity index (χ1n) is 9.29. The van der Waals surface area contributed by atoms with E-state index >= 15 is 0 Å². The molecule has 0 saturated carbocycles. The van der Waals surface area contributed by atoms with Crippen LogP contribution in [0.25, 0.3) is 10.9 Å². The van der Waals surface area contributed by atoms with Crippen molar-refractivity contribution in [2.75, 3.05) is 26.7 Å². The third-order valence-corrected chi connectivity index (χ3v) is 5.29. The van der Waals surface area contributed by atoms with Crippen LogP contribution in [0.3, 0.4) is 0 Å². The van der Waals surface area contributed by atoms with Crippen molar-refractivity contribution < 1.29 is 4.79 Å². The van der Waals surface area contributed by atoms with Crippen LogP contribution >= 0.6 is 0 Å². The molecule has 0 spiro atoms. The van der Waals surface area contributed by atoms with Gasteiger partial charge in [-0.05, 0) is 24.7 Å². The summed E-state index contributed by atoms with van der Waals surface area (Å²) in [6, 6.07) is 16.7. The molecule has 1 atom stereocenters. The second-order valence-corrected chi connectivity index (χ2v) is 7.14. The minimum absolute atomic E-state index is 0.0721. The molecule has 0 aliphatic carbocycles. The Morgan fingerprint density at radius 2 is 1.75 bits per heavy atom. The number of hydrogen-bond acceptors (Lipinski definition) is 4. The van der Waals surface area contributed by atoms with E-state index in [9.17, 15) is 14.4 Å². The number of carbonyl (C=O) groups is 1. The summed E-state index contributed by atoms with van der Waals surface area (Å²) in [5, 5.41) is 0.396. The summed E-state index contributed by atoms with van der Waals surface area (Å²) in [5.74, 6) is -0.138. The van der Waals surface area contributed by atoms with Gasteiger partial charge in [0.1, 0.15) is 6.54 Å². The zero-order valence-corrected chi connectivity index (χ0v) is 15.7. The number of nitrogens with zero attached hydrogens (tertiary/aromatic N) is 3. The van der Waals surface area contributed by atoms with Crippen molar-refractivity contribution in [3.63, 3.8) is 0 Å². The molecule has 1 aliphatic rings. The Hall–Kier alpha value is -3.19. The molecule has 2 heterocycles. The minimum Gasteiger partial charge on any atom is -0.332 e. The fraction of sp³-hybridized carbons (Fsp3) is 0.286. The Labute approximate surface area is 161 Å². The topological polar surface area (TPSA) is 78.4 Å². The highest BCUT2D eigenvalue weighted by Crippen LogP contribution is 2.25. The monoisotopic (exact) mass is 378 g/mol. The van der Waals surface area contributed by atoms with Crippen LogP contribution in [0.5, 0.6) is 0 Å². The van der Waals surface area contributed by atoms with Gasteiger partial charge in [-0.1, -0.05) is 42.5 Å². The molecule has 3 aromatic rings. The van der Waals surface area contributed by atoms with E-state index in [1.165, 1.54) is 4.57 Å². The van der Waals surface area contributed by atoms with Crippen LogP contribution in [0.4, 0.5) is 0 Å². The standard InChI is InChI=1S/C21H22N4O3/c1-23-11-12-24(18(13-23)15-7-3-2-4-8-15)19(26)14-25-17-10-6-5-9-16(17)20(27)22-21(25)28/h2-10,18H,11-14H2,1H3,(H,22,27,28)/t18-/m0/s1. The van der Waals surface area contributed by atoms with Crippen LogP contribution in [0, 0.1) is 0 Å². The zero-order valence-electron chi connectivity index (χ0n) is 15.7. The third kappa shape index (κ3) is 3.36. The number of carbonyl (C=O) groups excluding carboxylic acids is 1. The van der Waals surface area contributed by atoms with Crippen molar-refractivity contribution >= 4 is 16.8 Å². The lowest BCUT2D eigenvalue weighted by Gasteiger charge is -2.40. The van der Waals surface area contributed by atoms with Gasteiger partial charge in [-0.15, -0.1) is 0 Å². The maximum atomic E-state index is 13.2. The number of likely N-dealkylation sites (N-methyl/N-ethyl adjacent to an activating group) is 1. The quantitative estimate of drug-likeness (QED) is 0.743. The first-order valence-corrected chi connectivity index (χ1v) is 9.29. The fourth-order valence-electron chi connectivity index (χ4n) is 3.80. The molecule has 144 valence electrons. The van der Waals surface area contributed by atoms with Crippen molar-refractivity contribution in [3.05, 3.63) is 81.0 Å². The van der Waals surface area contributed by atoms with Crippen LogP contribution < -0.4 is 11.2 Å². The van der Waals surface area contributed by atoms with Crippen LogP contribution in [-0.2, 0) is 11.3 Å². The molecule has 1 amide bonds. The Morgan fingerprint density at radius 3 is 2.54 bits per heavy atom. The predicted octanol–water partition coefficient (Wildman–Crippen LogP) is 1.21. The smallest absolute Gasteiger partial charge is 0.329 e. The van der Waals surface area contributed by atoms with Crippen molar-refractivity contribution in [1.29, 1.82) is 0 Å². The number of fused-ring (bicyclic) bond motifs is 1. The molecular weight excluding hydrogens is 356 g/mol. The Balaban J connectivity index is 1.69. The van der Waals surface area contributed by atoms with Gasteiger partial charge in [0.05, 0.1) is 16.9 Å². The maximum Gasteiger partial charge on any atom is 0.329 e. The highest BCUT2D eigenvalue weighted by molar-refractivity contribution is 5.82. The van der Waals surface area contributed by atoms with E-state index in [0.717, 1.165) is 18.7 Å². The highest BCUT2D eigenvalue weighted by Gasteiger charge is 2.30. The Kier molecular flexibility index (Phi) is 4.83. The molecule has 7 nitrogen and oxygen atoms in total. The molecule has 1 N–H and O–H groups in total. The number of amides is 1. The normalized spacial score (nSPS) is 17.8. The predicted molar refractivity (Wildman–Crippen MR) is 107 cm³/mol. The van der Waals surface area contributed by atoms with Gasteiger partial charge < -0.3 is 9.80 Å². The molecule has 1 aromatic heterocycles. The lowest BCUT2D eigenvalue weighted by atomic mass is 10.0. The summed E-state index contributed by atoms with van der Waals surface area (Å²) >= 11 is 0. The first kappa shape index (κ1) is 18.2. The van der Waals surface area contributed by atoms with Gasteiger partial charge in [0.15, 0.2) is 0 Å². The molecular formula is C21H22N4O3. The lowest BCUT2D eigenvalue weighted by molar-refractivity contribution is -0.136. The lowest BCUT2D eigenvalue weighted by Crippen LogP contribution is -2.50. The number of hydrogen-bond donors (Lipinski definition) is 1. The largest absolute Gasteiger partial charge is 0.332 e. The molecule has 7 heteroatoms. The van der Waals surface area contributed by atoms with Gasteiger partial charge in [-0.25, -0.2) is 4.79 Å². The number of para-hydroxylation sites is 1. The van der Waals surface area contributed by atoms with Crippen LogP contribution in [0.2, 0.25) is 0 Å². The van der Waals surface area contributed by atoms with Gasteiger partial charge in [-0.2, -0.15) is 0 Å².